The summed E-state index contributed by atoms with van der Waals surface area (Å²) in [5.41, 5.74) is 0.272. The molecule has 27 heavy (non-hydrogen) atoms. The number of carbonyl (C=O) groups is 2. The molecule has 1 spiro atoms. The van der Waals surface area contributed by atoms with E-state index in [1.54, 1.807) is 24.1 Å². The standard InChI is InChI=1S/C19H26N4O4/c1-3-22-18(25)15-13-21(17(24)14-4-5-16(26-2)20-12-14)8-9-23(15)19(22)6-10-27-11-7-19/h4-5,12,15H,3,6-11,13H2,1-2H3/t15-/m1/s1. The van der Waals surface area contributed by atoms with E-state index in [1.807, 2.05) is 11.8 Å². The third-order valence-corrected chi connectivity index (χ3v) is 6.06. The molecule has 2 amide bonds. The molecule has 1 aromatic heterocycles. The Bertz CT molecular complexity index is 717. The molecule has 0 saturated carbocycles. The van der Waals surface area contributed by atoms with E-state index >= 15 is 0 Å². The van der Waals surface area contributed by atoms with Crippen LogP contribution in [0.3, 0.4) is 0 Å². The molecule has 8 heteroatoms. The zero-order valence-electron chi connectivity index (χ0n) is 15.9. The topological polar surface area (TPSA) is 75.2 Å². The van der Waals surface area contributed by atoms with Crippen LogP contribution in [-0.4, -0.2) is 89.7 Å². The summed E-state index contributed by atoms with van der Waals surface area (Å²) >= 11 is 0. The minimum atomic E-state index is -0.271. The maximum absolute atomic E-state index is 13.1. The number of rotatable bonds is 3. The molecule has 3 fully saturated rings. The number of hydrogen-bond acceptors (Lipinski definition) is 6. The van der Waals surface area contributed by atoms with Crippen molar-refractivity contribution in [1.29, 1.82) is 0 Å². The zero-order valence-corrected chi connectivity index (χ0v) is 15.9. The summed E-state index contributed by atoms with van der Waals surface area (Å²) in [6.07, 6.45) is 3.20. The van der Waals surface area contributed by atoms with Crippen LogP contribution in [0.5, 0.6) is 5.88 Å². The average molecular weight is 374 g/mol. The number of piperazine rings is 1. The van der Waals surface area contributed by atoms with Crippen molar-refractivity contribution in [2.45, 2.75) is 31.5 Å². The molecule has 0 N–H and O–H groups in total. The van der Waals surface area contributed by atoms with Gasteiger partial charge in [-0.2, -0.15) is 0 Å². The summed E-state index contributed by atoms with van der Waals surface area (Å²) in [6.45, 7) is 5.78. The van der Waals surface area contributed by atoms with E-state index in [2.05, 4.69) is 9.88 Å². The van der Waals surface area contributed by atoms with Crippen LogP contribution in [0.15, 0.2) is 18.3 Å². The molecule has 4 heterocycles. The minimum absolute atomic E-state index is 0.0893. The van der Waals surface area contributed by atoms with Crippen molar-refractivity contribution in [3.05, 3.63) is 23.9 Å². The summed E-state index contributed by atoms with van der Waals surface area (Å²) in [4.78, 5) is 36.2. The predicted octanol–water partition coefficient (Wildman–Crippen LogP) is 0.585. The first-order chi connectivity index (χ1) is 13.1. The number of pyridine rings is 1. The summed E-state index contributed by atoms with van der Waals surface area (Å²) in [7, 11) is 1.54. The van der Waals surface area contributed by atoms with Crippen molar-refractivity contribution in [2.24, 2.45) is 0 Å². The van der Waals surface area contributed by atoms with E-state index in [1.165, 1.54) is 6.20 Å². The van der Waals surface area contributed by atoms with Crippen LogP contribution < -0.4 is 4.74 Å². The number of methoxy groups -OCH3 is 1. The molecule has 3 aliphatic rings. The van der Waals surface area contributed by atoms with E-state index in [9.17, 15) is 9.59 Å². The van der Waals surface area contributed by atoms with Gasteiger partial charge in [-0.05, 0) is 13.0 Å². The molecule has 0 aliphatic carbocycles. The van der Waals surface area contributed by atoms with Gasteiger partial charge in [-0.1, -0.05) is 0 Å². The summed E-state index contributed by atoms with van der Waals surface area (Å²) in [5, 5.41) is 0. The van der Waals surface area contributed by atoms with Crippen LogP contribution in [0.4, 0.5) is 0 Å². The minimum Gasteiger partial charge on any atom is -0.481 e. The predicted molar refractivity (Wildman–Crippen MR) is 97.4 cm³/mol. The maximum atomic E-state index is 13.1. The third-order valence-electron chi connectivity index (χ3n) is 6.06. The molecule has 1 atom stereocenters. The Morgan fingerprint density at radius 1 is 1.33 bits per heavy atom. The largest absolute Gasteiger partial charge is 0.481 e. The Labute approximate surface area is 159 Å². The SMILES string of the molecule is CCN1C(=O)[C@H]2CN(C(=O)c3ccc(OC)nc3)CCN2C12CCOCC2. The second kappa shape index (κ2) is 7.09. The van der Waals surface area contributed by atoms with Crippen molar-refractivity contribution in [1.82, 2.24) is 19.7 Å². The Kier molecular flexibility index (Phi) is 4.77. The van der Waals surface area contributed by atoms with Gasteiger partial charge in [-0.15, -0.1) is 0 Å². The van der Waals surface area contributed by atoms with Gasteiger partial charge in [0.2, 0.25) is 11.8 Å². The molecule has 4 rings (SSSR count). The van der Waals surface area contributed by atoms with Crippen LogP contribution in [0.2, 0.25) is 0 Å². The molecule has 0 aromatic carbocycles. The van der Waals surface area contributed by atoms with E-state index < -0.39 is 0 Å². The number of fused-ring (bicyclic) bond motifs is 2. The normalized spacial score (nSPS) is 25.0. The molecule has 0 bridgehead atoms. The lowest BCUT2D eigenvalue weighted by Gasteiger charge is -2.48. The van der Waals surface area contributed by atoms with Gasteiger partial charge in [0.05, 0.1) is 25.9 Å². The fourth-order valence-corrected chi connectivity index (χ4v) is 4.73. The summed E-state index contributed by atoms with van der Waals surface area (Å²) in [5.74, 6) is 0.515. The zero-order chi connectivity index (χ0) is 19.0. The first kappa shape index (κ1) is 18.2. The van der Waals surface area contributed by atoms with Crippen molar-refractivity contribution >= 4 is 11.8 Å². The van der Waals surface area contributed by atoms with E-state index in [0.29, 0.717) is 50.8 Å². The van der Waals surface area contributed by atoms with Crippen LogP contribution in [0, 0.1) is 0 Å². The molecule has 0 radical (unpaired) electrons. The average Bonchev–Trinajstić information content (AvgIpc) is 2.95. The Morgan fingerprint density at radius 3 is 2.74 bits per heavy atom. The Hall–Kier alpha value is -2.19. The van der Waals surface area contributed by atoms with Crippen LogP contribution in [-0.2, 0) is 9.53 Å². The Morgan fingerprint density at radius 2 is 2.11 bits per heavy atom. The van der Waals surface area contributed by atoms with E-state index in [4.69, 9.17) is 9.47 Å². The van der Waals surface area contributed by atoms with Gasteiger partial charge in [0, 0.05) is 51.3 Å². The Balaban J connectivity index is 1.54. The van der Waals surface area contributed by atoms with Gasteiger partial charge in [0.15, 0.2) is 0 Å². The lowest BCUT2D eigenvalue weighted by Crippen LogP contribution is -2.62. The summed E-state index contributed by atoms with van der Waals surface area (Å²) < 4.78 is 10.6. The highest BCUT2D eigenvalue weighted by atomic mass is 16.5. The molecule has 3 saturated heterocycles. The second-order valence-electron chi connectivity index (χ2n) is 7.23. The number of likely N-dealkylation sites (N-methyl/N-ethyl adjacent to an activating group) is 1. The fraction of sp³-hybridized carbons (Fsp3) is 0.632. The molecular weight excluding hydrogens is 348 g/mol. The third kappa shape index (κ3) is 2.87. The number of aromatic nitrogens is 1. The van der Waals surface area contributed by atoms with Crippen molar-refractivity contribution in [3.8, 4) is 5.88 Å². The smallest absolute Gasteiger partial charge is 0.255 e. The van der Waals surface area contributed by atoms with Crippen molar-refractivity contribution < 1.29 is 19.1 Å². The lowest BCUT2D eigenvalue weighted by atomic mass is 9.96. The molecule has 8 nitrogen and oxygen atoms in total. The van der Waals surface area contributed by atoms with E-state index in [0.717, 1.165) is 12.8 Å². The number of hydrogen-bond donors (Lipinski definition) is 0. The first-order valence-corrected chi connectivity index (χ1v) is 9.56. The lowest BCUT2D eigenvalue weighted by molar-refractivity contribution is -0.135. The molecule has 1 aromatic rings. The molecule has 0 unspecified atom stereocenters. The highest BCUT2D eigenvalue weighted by Crippen LogP contribution is 2.41. The number of amides is 2. The maximum Gasteiger partial charge on any atom is 0.255 e. The fourth-order valence-electron chi connectivity index (χ4n) is 4.73. The quantitative estimate of drug-likeness (QED) is 0.771. The van der Waals surface area contributed by atoms with Gasteiger partial charge < -0.3 is 19.3 Å². The van der Waals surface area contributed by atoms with E-state index in [-0.39, 0.29) is 23.5 Å². The summed E-state index contributed by atoms with van der Waals surface area (Å²) in [6, 6.07) is 3.13. The van der Waals surface area contributed by atoms with Gasteiger partial charge in [0.25, 0.3) is 5.91 Å². The van der Waals surface area contributed by atoms with Gasteiger partial charge in [0.1, 0.15) is 11.7 Å². The van der Waals surface area contributed by atoms with Crippen molar-refractivity contribution in [2.75, 3.05) is 46.5 Å². The highest BCUT2D eigenvalue weighted by Gasteiger charge is 2.57. The number of carbonyl (C=O) groups excluding carboxylic acids is 2. The monoisotopic (exact) mass is 374 g/mol. The van der Waals surface area contributed by atoms with Gasteiger partial charge in [-0.25, -0.2) is 4.98 Å². The molecule has 146 valence electrons. The highest BCUT2D eigenvalue weighted by molar-refractivity contribution is 5.95. The number of nitrogens with zero attached hydrogens (tertiary/aromatic N) is 4. The van der Waals surface area contributed by atoms with Crippen molar-refractivity contribution in [3.63, 3.8) is 0 Å². The molecular formula is C19H26N4O4. The molecule has 3 aliphatic heterocycles. The van der Waals surface area contributed by atoms with Crippen LogP contribution in [0.1, 0.15) is 30.1 Å². The van der Waals surface area contributed by atoms with Gasteiger partial charge >= 0.3 is 0 Å². The van der Waals surface area contributed by atoms with Gasteiger partial charge in [-0.3, -0.25) is 14.5 Å². The van der Waals surface area contributed by atoms with Crippen LogP contribution >= 0.6 is 0 Å². The second-order valence-corrected chi connectivity index (χ2v) is 7.23. The number of ether oxygens (including phenoxy) is 2. The first-order valence-electron chi connectivity index (χ1n) is 9.56. The van der Waals surface area contributed by atoms with Crippen LogP contribution in [0.25, 0.3) is 0 Å².